The molecule has 5 heteroatoms. The van der Waals surface area contributed by atoms with Gasteiger partial charge in [0, 0.05) is 24.5 Å². The Bertz CT molecular complexity index is 575. The zero-order valence-corrected chi connectivity index (χ0v) is 13.3. The number of carbonyl (C=O) groups is 2. The number of nitrogens with one attached hydrogen (secondary N) is 1. The van der Waals surface area contributed by atoms with Gasteiger partial charge in [0.15, 0.2) is 0 Å². The number of carbonyl (C=O) groups excluding carboxylic acids is 2. The molecule has 1 fully saturated rings. The third-order valence-corrected chi connectivity index (χ3v) is 4.65. The number of thiophene rings is 1. The van der Waals surface area contributed by atoms with Crippen molar-refractivity contribution in [2.75, 3.05) is 19.6 Å². The summed E-state index contributed by atoms with van der Waals surface area (Å²) < 4.78 is 0. The quantitative estimate of drug-likeness (QED) is 0.869. The molecule has 0 spiro atoms. The van der Waals surface area contributed by atoms with Crippen molar-refractivity contribution in [2.45, 2.75) is 26.7 Å². The van der Waals surface area contributed by atoms with Crippen LogP contribution in [0.25, 0.3) is 0 Å². The molecule has 0 aromatic carbocycles. The van der Waals surface area contributed by atoms with E-state index in [0.717, 1.165) is 35.7 Å². The summed E-state index contributed by atoms with van der Waals surface area (Å²) in [4.78, 5) is 27.3. The van der Waals surface area contributed by atoms with E-state index in [1.54, 1.807) is 11.8 Å². The van der Waals surface area contributed by atoms with Crippen LogP contribution < -0.4 is 5.32 Å². The summed E-state index contributed by atoms with van der Waals surface area (Å²) >= 11 is 1.51. The van der Waals surface area contributed by atoms with Gasteiger partial charge in [-0.25, -0.2) is 0 Å². The maximum absolute atomic E-state index is 12.0. The summed E-state index contributed by atoms with van der Waals surface area (Å²) in [6, 6.07) is 3.82. The number of piperidine rings is 1. The van der Waals surface area contributed by atoms with Crippen molar-refractivity contribution in [2.24, 2.45) is 5.92 Å². The molecule has 1 N–H and O–H groups in total. The van der Waals surface area contributed by atoms with Crippen molar-refractivity contribution in [1.29, 1.82) is 0 Å². The van der Waals surface area contributed by atoms with Gasteiger partial charge in [-0.3, -0.25) is 9.59 Å². The number of amides is 2. The lowest BCUT2D eigenvalue weighted by Crippen LogP contribution is -2.41. The van der Waals surface area contributed by atoms with Gasteiger partial charge in [0.05, 0.1) is 4.88 Å². The molecule has 0 bridgehead atoms. The molecule has 2 heterocycles. The Kier molecular flexibility index (Phi) is 5.40. The second kappa shape index (κ2) is 7.28. The van der Waals surface area contributed by atoms with E-state index < -0.39 is 0 Å². The van der Waals surface area contributed by atoms with E-state index in [2.05, 4.69) is 17.2 Å². The zero-order chi connectivity index (χ0) is 15.2. The van der Waals surface area contributed by atoms with Crippen LogP contribution in [-0.2, 0) is 4.79 Å². The third kappa shape index (κ3) is 4.33. The van der Waals surface area contributed by atoms with Crippen LogP contribution in [-0.4, -0.2) is 36.3 Å². The Morgan fingerprint density at radius 3 is 2.67 bits per heavy atom. The molecule has 1 aromatic rings. The molecule has 1 aliphatic heterocycles. The van der Waals surface area contributed by atoms with Crippen molar-refractivity contribution in [3.63, 3.8) is 0 Å². The monoisotopic (exact) mass is 304 g/mol. The molecule has 0 saturated carbocycles. The first-order chi connectivity index (χ1) is 10.1. The van der Waals surface area contributed by atoms with Crippen molar-refractivity contribution in [1.82, 2.24) is 10.2 Å². The highest BCUT2D eigenvalue weighted by atomic mass is 32.1. The van der Waals surface area contributed by atoms with Crippen LogP contribution in [0.3, 0.4) is 0 Å². The van der Waals surface area contributed by atoms with Gasteiger partial charge in [-0.05, 0) is 50.7 Å². The molecule has 4 nitrogen and oxygen atoms in total. The van der Waals surface area contributed by atoms with Crippen LogP contribution in [0.2, 0.25) is 0 Å². The standard InChI is InChI=1S/C16H20N2O2S/c1-3-4-15(19)18-9-7-13(8-10-18)11-17-16(20)14-6-5-12(2)21-14/h5-6,13H,7-11H2,1-2H3,(H,17,20). The molecule has 1 aromatic heterocycles. The first-order valence-corrected chi connectivity index (χ1v) is 7.98. The number of hydrogen-bond acceptors (Lipinski definition) is 3. The van der Waals surface area contributed by atoms with Crippen molar-refractivity contribution in [3.8, 4) is 11.8 Å². The van der Waals surface area contributed by atoms with Crippen molar-refractivity contribution < 1.29 is 9.59 Å². The minimum atomic E-state index is -0.0888. The zero-order valence-electron chi connectivity index (χ0n) is 12.4. The van der Waals surface area contributed by atoms with Gasteiger partial charge in [0.1, 0.15) is 0 Å². The van der Waals surface area contributed by atoms with Crippen LogP contribution in [0.1, 0.15) is 34.3 Å². The maximum atomic E-state index is 12.0. The lowest BCUT2D eigenvalue weighted by atomic mass is 9.96. The Labute approximate surface area is 129 Å². The highest BCUT2D eigenvalue weighted by Gasteiger charge is 2.22. The normalized spacial score (nSPS) is 15.2. The second-order valence-electron chi connectivity index (χ2n) is 5.23. The van der Waals surface area contributed by atoms with Crippen molar-refractivity contribution in [3.05, 3.63) is 21.9 Å². The Hall–Kier alpha value is -1.80. The lowest BCUT2D eigenvalue weighted by Gasteiger charge is -2.30. The van der Waals surface area contributed by atoms with Crippen LogP contribution >= 0.6 is 11.3 Å². The third-order valence-electron chi connectivity index (χ3n) is 3.65. The molecule has 2 rings (SSSR count). The van der Waals surface area contributed by atoms with Crippen LogP contribution in [0.5, 0.6) is 0 Å². The summed E-state index contributed by atoms with van der Waals surface area (Å²) in [5, 5.41) is 2.99. The minimum Gasteiger partial charge on any atom is -0.351 e. The minimum absolute atomic E-state index is 0.00320. The fraction of sp³-hybridized carbons (Fsp3) is 0.500. The van der Waals surface area contributed by atoms with Gasteiger partial charge in [-0.15, -0.1) is 11.3 Å². The molecule has 0 aliphatic carbocycles. The molecule has 0 radical (unpaired) electrons. The molecular formula is C16H20N2O2S. The SMILES string of the molecule is CC#CC(=O)N1CCC(CNC(=O)c2ccc(C)s2)CC1. The van der Waals surface area contributed by atoms with Gasteiger partial charge in [-0.2, -0.15) is 0 Å². The Morgan fingerprint density at radius 2 is 2.10 bits per heavy atom. The Balaban J connectivity index is 1.75. The molecule has 1 saturated heterocycles. The predicted molar refractivity (Wildman–Crippen MR) is 84.1 cm³/mol. The highest BCUT2D eigenvalue weighted by molar-refractivity contribution is 7.13. The average molecular weight is 304 g/mol. The summed E-state index contributed by atoms with van der Waals surface area (Å²) in [5.74, 6) is 5.56. The van der Waals surface area contributed by atoms with Gasteiger partial charge in [0.25, 0.3) is 11.8 Å². The predicted octanol–water partition coefficient (Wildman–Crippen LogP) is 2.05. The Morgan fingerprint density at radius 1 is 1.38 bits per heavy atom. The van der Waals surface area contributed by atoms with Gasteiger partial charge in [0.2, 0.25) is 0 Å². The molecule has 21 heavy (non-hydrogen) atoms. The first-order valence-electron chi connectivity index (χ1n) is 7.16. The van der Waals surface area contributed by atoms with Crippen LogP contribution in [0, 0.1) is 24.7 Å². The van der Waals surface area contributed by atoms with Crippen LogP contribution in [0.15, 0.2) is 12.1 Å². The second-order valence-corrected chi connectivity index (χ2v) is 6.52. The number of hydrogen-bond donors (Lipinski definition) is 1. The van der Waals surface area contributed by atoms with Gasteiger partial charge in [-0.1, -0.05) is 5.92 Å². The number of aryl methyl sites for hydroxylation is 1. The fourth-order valence-electron chi connectivity index (χ4n) is 2.41. The van der Waals surface area contributed by atoms with Crippen molar-refractivity contribution >= 4 is 23.2 Å². The maximum Gasteiger partial charge on any atom is 0.298 e. The topological polar surface area (TPSA) is 49.4 Å². The van der Waals surface area contributed by atoms with E-state index in [0.29, 0.717) is 12.5 Å². The number of likely N-dealkylation sites (tertiary alicyclic amines) is 1. The van der Waals surface area contributed by atoms with E-state index in [-0.39, 0.29) is 11.8 Å². The highest BCUT2D eigenvalue weighted by Crippen LogP contribution is 2.18. The molecule has 0 atom stereocenters. The summed E-state index contributed by atoms with van der Waals surface area (Å²) in [6.45, 7) is 5.80. The van der Waals surface area contributed by atoms with Gasteiger partial charge >= 0.3 is 0 Å². The molecule has 1 aliphatic rings. The summed E-state index contributed by atoms with van der Waals surface area (Å²) in [6.07, 6.45) is 1.84. The van der Waals surface area contributed by atoms with E-state index in [1.165, 1.54) is 11.3 Å². The number of nitrogens with zero attached hydrogens (tertiary/aromatic N) is 1. The first kappa shape index (κ1) is 15.6. The lowest BCUT2D eigenvalue weighted by molar-refractivity contribution is -0.126. The van der Waals surface area contributed by atoms with E-state index in [1.807, 2.05) is 19.1 Å². The molecule has 0 unspecified atom stereocenters. The number of rotatable bonds is 3. The summed E-state index contributed by atoms with van der Waals surface area (Å²) in [7, 11) is 0. The van der Waals surface area contributed by atoms with Gasteiger partial charge < -0.3 is 10.2 Å². The summed E-state index contributed by atoms with van der Waals surface area (Å²) in [5.41, 5.74) is 0. The largest absolute Gasteiger partial charge is 0.351 e. The molecule has 112 valence electrons. The van der Waals surface area contributed by atoms with E-state index >= 15 is 0 Å². The fourth-order valence-corrected chi connectivity index (χ4v) is 3.19. The van der Waals surface area contributed by atoms with E-state index in [9.17, 15) is 9.59 Å². The molecular weight excluding hydrogens is 284 g/mol. The van der Waals surface area contributed by atoms with Crippen LogP contribution in [0.4, 0.5) is 0 Å². The van der Waals surface area contributed by atoms with E-state index in [4.69, 9.17) is 0 Å². The molecule has 2 amide bonds. The average Bonchev–Trinajstić information content (AvgIpc) is 2.92. The smallest absolute Gasteiger partial charge is 0.298 e.